The van der Waals surface area contributed by atoms with Gasteiger partial charge in [-0.25, -0.2) is 0 Å². The first kappa shape index (κ1) is 13.7. The average molecular weight is 306 g/mol. The maximum atomic E-state index is 11.0. The van der Waals surface area contributed by atoms with Crippen LogP contribution in [0, 0.1) is 10.1 Å². The van der Waals surface area contributed by atoms with Crippen LogP contribution in [0.4, 0.5) is 5.69 Å². The Bertz CT molecular complexity index is 689. The Morgan fingerprint density at radius 2 is 1.95 bits per heavy atom. The van der Waals surface area contributed by atoms with Gasteiger partial charge in [-0.1, -0.05) is 24.3 Å². The van der Waals surface area contributed by atoms with E-state index in [9.17, 15) is 10.1 Å². The van der Waals surface area contributed by atoms with Crippen molar-refractivity contribution in [2.45, 2.75) is 11.8 Å². The number of hydrogen-bond acceptors (Lipinski definition) is 4. The van der Waals surface area contributed by atoms with Crippen molar-refractivity contribution < 1.29 is 14.4 Å². The number of rotatable bonds is 4. The fourth-order valence-corrected chi connectivity index (χ4v) is 2.58. The van der Waals surface area contributed by atoms with Gasteiger partial charge in [0.05, 0.1) is 10.3 Å². The Labute approximate surface area is 126 Å². The van der Waals surface area contributed by atoms with Crippen LogP contribution in [0.3, 0.4) is 0 Å². The molecule has 1 aliphatic heterocycles. The molecule has 1 heterocycles. The first-order chi connectivity index (χ1) is 10.1. The van der Waals surface area contributed by atoms with Crippen LogP contribution >= 0.6 is 11.6 Å². The van der Waals surface area contributed by atoms with Crippen molar-refractivity contribution in [1.82, 2.24) is 0 Å². The van der Waals surface area contributed by atoms with E-state index in [-0.39, 0.29) is 17.9 Å². The SMILES string of the molecule is O=[N+]([O-])c1ccccc1CC(Cl)c1ccc2c(c1)OCO2. The van der Waals surface area contributed by atoms with Gasteiger partial charge in [-0.05, 0) is 24.1 Å². The minimum absolute atomic E-state index is 0.0869. The Hall–Kier alpha value is -2.27. The summed E-state index contributed by atoms with van der Waals surface area (Å²) in [6.07, 6.45) is 0.373. The van der Waals surface area contributed by atoms with Crippen LogP contribution in [0.25, 0.3) is 0 Å². The lowest BCUT2D eigenvalue weighted by Crippen LogP contribution is -2.00. The van der Waals surface area contributed by atoms with Crippen molar-refractivity contribution in [3.05, 3.63) is 63.7 Å². The molecule has 0 saturated heterocycles. The quantitative estimate of drug-likeness (QED) is 0.489. The fraction of sp³-hybridized carbons (Fsp3) is 0.200. The molecule has 3 rings (SSSR count). The van der Waals surface area contributed by atoms with E-state index < -0.39 is 4.92 Å². The summed E-state index contributed by atoms with van der Waals surface area (Å²) in [7, 11) is 0. The maximum absolute atomic E-state index is 11.0. The molecular weight excluding hydrogens is 294 g/mol. The van der Waals surface area contributed by atoms with Crippen LogP contribution in [0.5, 0.6) is 11.5 Å². The predicted molar refractivity (Wildman–Crippen MR) is 78.0 cm³/mol. The van der Waals surface area contributed by atoms with Crippen LogP contribution < -0.4 is 9.47 Å². The van der Waals surface area contributed by atoms with E-state index in [0.717, 1.165) is 5.56 Å². The molecule has 6 heteroatoms. The van der Waals surface area contributed by atoms with E-state index in [1.807, 2.05) is 12.1 Å². The summed E-state index contributed by atoms with van der Waals surface area (Å²) in [5.41, 5.74) is 1.54. The summed E-state index contributed by atoms with van der Waals surface area (Å²) in [6, 6.07) is 12.1. The van der Waals surface area contributed by atoms with E-state index in [1.165, 1.54) is 6.07 Å². The first-order valence-electron chi connectivity index (χ1n) is 6.41. The monoisotopic (exact) mass is 305 g/mol. The molecular formula is C15H12ClNO4. The van der Waals surface area contributed by atoms with Gasteiger partial charge in [0, 0.05) is 11.6 Å². The number of hydrogen-bond donors (Lipinski definition) is 0. The zero-order chi connectivity index (χ0) is 14.8. The van der Waals surface area contributed by atoms with E-state index >= 15 is 0 Å². The highest BCUT2D eigenvalue weighted by atomic mass is 35.5. The van der Waals surface area contributed by atoms with Gasteiger partial charge in [0.15, 0.2) is 11.5 Å². The highest BCUT2D eigenvalue weighted by Gasteiger charge is 2.20. The van der Waals surface area contributed by atoms with Crippen molar-refractivity contribution in [1.29, 1.82) is 0 Å². The number of alkyl halides is 1. The Morgan fingerprint density at radius 1 is 1.19 bits per heavy atom. The molecule has 2 aromatic rings. The number of nitro groups is 1. The molecule has 0 spiro atoms. The third-order valence-electron chi connectivity index (χ3n) is 3.35. The summed E-state index contributed by atoms with van der Waals surface area (Å²) in [5.74, 6) is 1.34. The molecule has 0 bridgehead atoms. The number of benzene rings is 2. The zero-order valence-electron chi connectivity index (χ0n) is 11.0. The number of halogens is 1. The van der Waals surface area contributed by atoms with Crippen molar-refractivity contribution in [2.24, 2.45) is 0 Å². The molecule has 0 fully saturated rings. The first-order valence-corrected chi connectivity index (χ1v) is 6.84. The largest absolute Gasteiger partial charge is 0.454 e. The second-order valence-electron chi connectivity index (χ2n) is 4.67. The smallest absolute Gasteiger partial charge is 0.272 e. The second-order valence-corrected chi connectivity index (χ2v) is 5.20. The van der Waals surface area contributed by atoms with Gasteiger partial charge in [0.1, 0.15) is 0 Å². The molecule has 1 atom stereocenters. The minimum atomic E-state index is -0.390. The average Bonchev–Trinajstić information content (AvgIpc) is 2.94. The number of fused-ring (bicyclic) bond motifs is 1. The minimum Gasteiger partial charge on any atom is -0.454 e. The molecule has 0 aromatic heterocycles. The molecule has 5 nitrogen and oxygen atoms in total. The lowest BCUT2D eigenvalue weighted by molar-refractivity contribution is -0.385. The number of nitrogens with zero attached hydrogens (tertiary/aromatic N) is 1. The fourth-order valence-electron chi connectivity index (χ4n) is 2.28. The lowest BCUT2D eigenvalue weighted by Gasteiger charge is -2.11. The number of ether oxygens (including phenoxy) is 2. The molecule has 108 valence electrons. The number of para-hydroxylation sites is 1. The normalized spacial score (nSPS) is 14.0. The van der Waals surface area contributed by atoms with Crippen molar-refractivity contribution in [2.75, 3.05) is 6.79 Å². The summed E-state index contributed by atoms with van der Waals surface area (Å²) in [6.45, 7) is 0.204. The lowest BCUT2D eigenvalue weighted by atomic mass is 10.0. The van der Waals surface area contributed by atoms with Gasteiger partial charge in [0.25, 0.3) is 5.69 Å². The van der Waals surface area contributed by atoms with Crippen LogP contribution in [-0.4, -0.2) is 11.7 Å². The van der Waals surface area contributed by atoms with Gasteiger partial charge in [-0.3, -0.25) is 10.1 Å². The maximum Gasteiger partial charge on any atom is 0.272 e. The highest BCUT2D eigenvalue weighted by molar-refractivity contribution is 6.21. The van der Waals surface area contributed by atoms with Crippen LogP contribution in [0.15, 0.2) is 42.5 Å². The van der Waals surface area contributed by atoms with Crippen molar-refractivity contribution >= 4 is 17.3 Å². The predicted octanol–water partition coefficient (Wildman–Crippen LogP) is 3.85. The molecule has 0 aliphatic carbocycles. The van der Waals surface area contributed by atoms with Gasteiger partial charge in [-0.2, -0.15) is 0 Å². The molecule has 1 aliphatic rings. The van der Waals surface area contributed by atoms with Gasteiger partial charge in [-0.15, -0.1) is 11.6 Å². The third-order valence-corrected chi connectivity index (χ3v) is 3.75. The standard InChI is InChI=1S/C15H12ClNO4/c16-12(7-11-3-1-2-4-13(11)17(18)19)10-5-6-14-15(8-10)21-9-20-14/h1-6,8,12H,7,9H2. The van der Waals surface area contributed by atoms with Gasteiger partial charge >= 0.3 is 0 Å². The molecule has 2 aromatic carbocycles. The second kappa shape index (κ2) is 5.61. The Kier molecular flexibility index (Phi) is 3.66. The van der Waals surface area contributed by atoms with E-state index in [1.54, 1.807) is 24.3 Å². The molecule has 0 N–H and O–H groups in total. The third kappa shape index (κ3) is 2.78. The van der Waals surface area contributed by atoms with E-state index in [0.29, 0.717) is 23.5 Å². The Balaban J connectivity index is 1.83. The summed E-state index contributed by atoms with van der Waals surface area (Å²) >= 11 is 6.40. The van der Waals surface area contributed by atoms with E-state index in [2.05, 4.69) is 0 Å². The van der Waals surface area contributed by atoms with Crippen LogP contribution in [0.1, 0.15) is 16.5 Å². The van der Waals surface area contributed by atoms with Crippen LogP contribution in [-0.2, 0) is 6.42 Å². The molecule has 0 radical (unpaired) electrons. The summed E-state index contributed by atoms with van der Waals surface area (Å²) < 4.78 is 10.6. The topological polar surface area (TPSA) is 61.6 Å². The van der Waals surface area contributed by atoms with Gasteiger partial charge < -0.3 is 9.47 Å². The highest BCUT2D eigenvalue weighted by Crippen LogP contribution is 2.37. The van der Waals surface area contributed by atoms with Crippen molar-refractivity contribution in [3.63, 3.8) is 0 Å². The zero-order valence-corrected chi connectivity index (χ0v) is 11.7. The van der Waals surface area contributed by atoms with Gasteiger partial charge in [0.2, 0.25) is 6.79 Å². The Morgan fingerprint density at radius 3 is 2.76 bits per heavy atom. The molecule has 21 heavy (non-hydrogen) atoms. The molecule has 0 saturated carbocycles. The number of nitro benzene ring substituents is 1. The molecule has 0 amide bonds. The van der Waals surface area contributed by atoms with Crippen molar-refractivity contribution in [3.8, 4) is 11.5 Å². The molecule has 1 unspecified atom stereocenters. The van der Waals surface area contributed by atoms with E-state index in [4.69, 9.17) is 21.1 Å². The summed E-state index contributed by atoms with van der Waals surface area (Å²) in [5, 5.41) is 10.6. The van der Waals surface area contributed by atoms with Crippen LogP contribution in [0.2, 0.25) is 0 Å². The summed E-state index contributed by atoms with van der Waals surface area (Å²) in [4.78, 5) is 10.6.